The maximum Gasteiger partial charge on any atom is 0.149 e. The molecule has 9 heavy (non-hydrogen) atoms. The number of rotatable bonds is 0. The molecule has 4 heteroatoms. The van der Waals surface area contributed by atoms with Crippen LogP contribution in [0.4, 0.5) is 5.82 Å². The first-order valence-corrected chi connectivity index (χ1v) is 3.42. The third kappa shape index (κ3) is 0.598. The van der Waals surface area contributed by atoms with Gasteiger partial charge in [0.1, 0.15) is 11.5 Å². The molecule has 2 aromatic heterocycles. The molecule has 0 atom stereocenters. The summed E-state index contributed by atoms with van der Waals surface area (Å²) in [5.74, 6) is 0.685. The number of nitrogen functional groups attached to an aromatic ring is 1. The van der Waals surface area contributed by atoms with E-state index in [1.165, 1.54) is 0 Å². The lowest BCUT2D eigenvalue weighted by Crippen LogP contribution is -1.81. The first-order valence-electron chi connectivity index (χ1n) is 2.54. The average Bonchev–Trinajstić information content (AvgIpc) is 2.22. The van der Waals surface area contributed by atoms with Gasteiger partial charge in [-0.15, -0.1) is 11.3 Å². The summed E-state index contributed by atoms with van der Waals surface area (Å²) in [4.78, 5) is 6.94. The number of hydrogen-bond donors (Lipinski definition) is 2. The van der Waals surface area contributed by atoms with E-state index in [1.54, 1.807) is 16.8 Å². The highest BCUT2D eigenvalue weighted by Crippen LogP contribution is 2.18. The number of nitrogens with two attached hydrogens (primary N) is 1. The number of thiazole rings is 1. The van der Waals surface area contributed by atoms with Gasteiger partial charge < -0.3 is 10.7 Å². The van der Waals surface area contributed by atoms with Crippen molar-refractivity contribution in [3.05, 3.63) is 11.6 Å². The summed E-state index contributed by atoms with van der Waals surface area (Å²) in [6.07, 6.45) is 0. The van der Waals surface area contributed by atoms with Crippen molar-refractivity contribution < 1.29 is 0 Å². The Morgan fingerprint density at radius 1 is 1.67 bits per heavy atom. The summed E-state index contributed by atoms with van der Waals surface area (Å²) in [5.41, 5.74) is 8.12. The van der Waals surface area contributed by atoms with Gasteiger partial charge in [0.05, 0.1) is 10.2 Å². The molecular formula is C5H5N3S. The smallest absolute Gasteiger partial charge is 0.149 e. The normalized spacial score (nSPS) is 10.7. The quantitative estimate of drug-likeness (QED) is 0.576. The van der Waals surface area contributed by atoms with Crippen LogP contribution in [-0.4, -0.2) is 9.97 Å². The van der Waals surface area contributed by atoms with E-state index in [2.05, 4.69) is 9.97 Å². The first-order chi connectivity index (χ1) is 4.36. The monoisotopic (exact) mass is 139 g/mol. The van der Waals surface area contributed by atoms with Crippen molar-refractivity contribution in [2.45, 2.75) is 0 Å². The SMILES string of the molecule is Nc1cc2scnc2[nH]1. The molecule has 0 amide bonds. The Bertz CT molecular complexity index is 293. The summed E-state index contributed by atoms with van der Waals surface area (Å²) in [6.45, 7) is 0. The van der Waals surface area contributed by atoms with Crippen LogP contribution in [0.3, 0.4) is 0 Å². The highest BCUT2D eigenvalue weighted by Gasteiger charge is 1.97. The van der Waals surface area contributed by atoms with Crippen molar-refractivity contribution in [2.75, 3.05) is 5.73 Å². The number of aromatic amines is 1. The third-order valence-electron chi connectivity index (χ3n) is 1.14. The molecule has 2 heterocycles. The largest absolute Gasteiger partial charge is 0.385 e. The van der Waals surface area contributed by atoms with Gasteiger partial charge in [0.15, 0.2) is 0 Å². The number of hydrogen-bond acceptors (Lipinski definition) is 3. The zero-order chi connectivity index (χ0) is 6.27. The van der Waals surface area contributed by atoms with Gasteiger partial charge in [0, 0.05) is 0 Å². The summed E-state index contributed by atoms with van der Waals surface area (Å²) in [7, 11) is 0. The van der Waals surface area contributed by atoms with Gasteiger partial charge in [-0.1, -0.05) is 0 Å². The fraction of sp³-hybridized carbons (Fsp3) is 0. The highest BCUT2D eigenvalue weighted by atomic mass is 32.1. The van der Waals surface area contributed by atoms with Gasteiger partial charge in [-0.05, 0) is 6.07 Å². The van der Waals surface area contributed by atoms with E-state index in [4.69, 9.17) is 5.73 Å². The maximum atomic E-state index is 5.45. The van der Waals surface area contributed by atoms with Crippen molar-refractivity contribution in [3.63, 3.8) is 0 Å². The van der Waals surface area contributed by atoms with Crippen LogP contribution in [0.1, 0.15) is 0 Å². The molecule has 2 aromatic rings. The van der Waals surface area contributed by atoms with E-state index >= 15 is 0 Å². The van der Waals surface area contributed by atoms with Gasteiger partial charge in [-0.3, -0.25) is 0 Å². The lowest BCUT2D eigenvalue weighted by Gasteiger charge is -1.75. The Hall–Kier alpha value is -1.03. The van der Waals surface area contributed by atoms with Crippen LogP contribution in [0.15, 0.2) is 11.6 Å². The fourth-order valence-corrected chi connectivity index (χ4v) is 1.45. The van der Waals surface area contributed by atoms with Crippen LogP contribution in [0, 0.1) is 0 Å². The Balaban J connectivity index is 2.92. The number of fused-ring (bicyclic) bond motifs is 1. The van der Waals surface area contributed by atoms with E-state index in [1.807, 2.05) is 6.07 Å². The van der Waals surface area contributed by atoms with Gasteiger partial charge in [0.2, 0.25) is 0 Å². The Labute approximate surface area is 55.5 Å². The topological polar surface area (TPSA) is 54.7 Å². The summed E-state index contributed by atoms with van der Waals surface area (Å²) in [5, 5.41) is 0. The zero-order valence-electron chi connectivity index (χ0n) is 4.59. The average molecular weight is 139 g/mol. The van der Waals surface area contributed by atoms with Crippen LogP contribution in [0.25, 0.3) is 10.3 Å². The predicted octanol–water partition coefficient (Wildman–Crippen LogP) is 1.21. The predicted molar refractivity (Wildman–Crippen MR) is 38.4 cm³/mol. The summed E-state index contributed by atoms with van der Waals surface area (Å²) >= 11 is 1.59. The van der Waals surface area contributed by atoms with E-state index in [-0.39, 0.29) is 0 Å². The van der Waals surface area contributed by atoms with Crippen LogP contribution in [0.5, 0.6) is 0 Å². The molecule has 0 aliphatic heterocycles. The molecule has 0 saturated carbocycles. The molecule has 3 N–H and O–H groups in total. The number of nitrogens with zero attached hydrogens (tertiary/aromatic N) is 1. The van der Waals surface area contributed by atoms with Gasteiger partial charge in [-0.2, -0.15) is 0 Å². The minimum absolute atomic E-state index is 0.685. The Kier molecular flexibility index (Phi) is 0.790. The van der Waals surface area contributed by atoms with E-state index in [0.29, 0.717) is 5.82 Å². The minimum Gasteiger partial charge on any atom is -0.385 e. The third-order valence-corrected chi connectivity index (χ3v) is 1.92. The van der Waals surface area contributed by atoms with E-state index < -0.39 is 0 Å². The second kappa shape index (κ2) is 1.48. The first kappa shape index (κ1) is 4.81. The second-order valence-electron chi connectivity index (χ2n) is 1.79. The molecule has 0 aromatic carbocycles. The summed E-state index contributed by atoms with van der Waals surface area (Å²) < 4.78 is 1.12. The molecule has 3 nitrogen and oxygen atoms in total. The molecule has 0 radical (unpaired) electrons. The second-order valence-corrected chi connectivity index (χ2v) is 2.68. The Morgan fingerprint density at radius 2 is 2.56 bits per heavy atom. The maximum absolute atomic E-state index is 5.45. The fourth-order valence-electron chi connectivity index (χ4n) is 0.766. The zero-order valence-corrected chi connectivity index (χ0v) is 5.40. The number of H-pyrrole nitrogens is 1. The van der Waals surface area contributed by atoms with E-state index in [9.17, 15) is 0 Å². The molecule has 2 rings (SSSR count). The number of anilines is 1. The van der Waals surface area contributed by atoms with Crippen molar-refractivity contribution in [2.24, 2.45) is 0 Å². The van der Waals surface area contributed by atoms with Crippen molar-refractivity contribution >= 4 is 27.5 Å². The van der Waals surface area contributed by atoms with Crippen molar-refractivity contribution in [1.29, 1.82) is 0 Å². The van der Waals surface area contributed by atoms with Crippen LogP contribution in [0.2, 0.25) is 0 Å². The van der Waals surface area contributed by atoms with Crippen molar-refractivity contribution in [3.8, 4) is 0 Å². The van der Waals surface area contributed by atoms with Gasteiger partial charge >= 0.3 is 0 Å². The molecule has 0 unspecified atom stereocenters. The van der Waals surface area contributed by atoms with Crippen molar-refractivity contribution in [1.82, 2.24) is 9.97 Å². The van der Waals surface area contributed by atoms with Crippen LogP contribution >= 0.6 is 11.3 Å². The molecule has 0 aliphatic rings. The molecule has 0 aliphatic carbocycles. The van der Waals surface area contributed by atoms with Gasteiger partial charge in [0.25, 0.3) is 0 Å². The molecule has 0 spiro atoms. The standard InChI is InChI=1S/C5H5N3S/c6-4-1-3-5(8-4)7-2-9-3/h1-2,8H,6H2. The molecule has 0 saturated heterocycles. The number of aromatic nitrogens is 2. The summed E-state index contributed by atoms with van der Waals surface area (Å²) in [6, 6.07) is 1.88. The van der Waals surface area contributed by atoms with Crippen LogP contribution < -0.4 is 5.73 Å². The van der Waals surface area contributed by atoms with Crippen LogP contribution in [-0.2, 0) is 0 Å². The lowest BCUT2D eigenvalue weighted by molar-refractivity contribution is 1.37. The van der Waals surface area contributed by atoms with Gasteiger partial charge in [-0.25, -0.2) is 4.98 Å². The Morgan fingerprint density at radius 3 is 3.33 bits per heavy atom. The number of nitrogens with one attached hydrogen (secondary N) is 1. The molecule has 46 valence electrons. The molecule has 0 bridgehead atoms. The molecule has 0 fully saturated rings. The lowest BCUT2D eigenvalue weighted by atomic mass is 10.6. The van der Waals surface area contributed by atoms with E-state index in [0.717, 1.165) is 10.3 Å². The highest BCUT2D eigenvalue weighted by molar-refractivity contribution is 7.16. The minimum atomic E-state index is 0.685. The molecular weight excluding hydrogens is 134 g/mol.